The summed E-state index contributed by atoms with van der Waals surface area (Å²) in [5, 5.41) is 2.40. The van der Waals surface area contributed by atoms with Gasteiger partial charge in [-0.1, -0.05) is 35.9 Å². The molecule has 0 spiro atoms. The van der Waals surface area contributed by atoms with E-state index in [1.54, 1.807) is 0 Å². The van der Waals surface area contributed by atoms with Gasteiger partial charge in [0.15, 0.2) is 5.78 Å². The number of alkyl carbamates (subject to hydrolysis) is 1. The number of allylic oxidation sites excluding steroid dienone is 1. The number of carbonyl (C=O) groups excluding carboxylic acids is 2. The van der Waals surface area contributed by atoms with E-state index in [4.69, 9.17) is 4.74 Å². The molecular formula is C14H17NO3. The number of carbonyl (C=O) groups is 2. The van der Waals surface area contributed by atoms with Gasteiger partial charge in [0, 0.05) is 0 Å². The third-order valence-corrected chi connectivity index (χ3v) is 2.07. The molecular weight excluding hydrogens is 230 g/mol. The Balaban J connectivity index is 2.26. The minimum atomic E-state index is -0.589. The smallest absolute Gasteiger partial charge is 0.407 e. The summed E-state index contributed by atoms with van der Waals surface area (Å²) >= 11 is 0. The van der Waals surface area contributed by atoms with Crippen LogP contribution < -0.4 is 5.32 Å². The number of amides is 1. The zero-order chi connectivity index (χ0) is 13.4. The fraction of sp³-hybridized carbons (Fsp3) is 0.286. The molecule has 0 heterocycles. The summed E-state index contributed by atoms with van der Waals surface area (Å²) < 4.78 is 4.96. The maximum Gasteiger partial charge on any atom is 0.407 e. The van der Waals surface area contributed by atoms with Crippen LogP contribution in [-0.4, -0.2) is 18.4 Å². The maximum absolute atomic E-state index is 11.3. The van der Waals surface area contributed by atoms with Crippen LogP contribution in [-0.2, 0) is 16.1 Å². The largest absolute Gasteiger partial charge is 0.445 e. The summed E-state index contributed by atoms with van der Waals surface area (Å²) in [5.41, 5.74) is 1.81. The van der Waals surface area contributed by atoms with E-state index in [0.717, 1.165) is 11.1 Å². The molecule has 0 radical (unpaired) electrons. The highest BCUT2D eigenvalue weighted by atomic mass is 16.5. The van der Waals surface area contributed by atoms with Gasteiger partial charge in [0.1, 0.15) is 6.61 Å². The van der Waals surface area contributed by atoms with Crippen molar-refractivity contribution in [1.29, 1.82) is 0 Å². The molecule has 0 aliphatic carbocycles. The highest BCUT2D eigenvalue weighted by Crippen LogP contribution is 2.00. The van der Waals surface area contributed by atoms with Crippen molar-refractivity contribution in [2.75, 3.05) is 6.54 Å². The molecule has 1 aromatic rings. The van der Waals surface area contributed by atoms with E-state index >= 15 is 0 Å². The van der Waals surface area contributed by atoms with Gasteiger partial charge < -0.3 is 10.1 Å². The van der Waals surface area contributed by atoms with Crippen molar-refractivity contribution >= 4 is 11.9 Å². The first-order chi connectivity index (χ1) is 8.58. The van der Waals surface area contributed by atoms with Crippen LogP contribution in [0.2, 0.25) is 0 Å². The van der Waals surface area contributed by atoms with Gasteiger partial charge in [0.2, 0.25) is 0 Å². The molecule has 0 saturated heterocycles. The molecule has 4 heteroatoms. The zero-order valence-electron chi connectivity index (χ0n) is 10.6. The fourth-order valence-electron chi connectivity index (χ4n) is 1.31. The Morgan fingerprint density at radius 3 is 2.50 bits per heavy atom. The summed E-state index contributed by atoms with van der Waals surface area (Å²) in [5.74, 6) is -0.147. The van der Waals surface area contributed by atoms with Gasteiger partial charge in [0.05, 0.1) is 6.54 Å². The van der Waals surface area contributed by atoms with Crippen molar-refractivity contribution in [2.45, 2.75) is 20.5 Å². The molecule has 0 atom stereocenters. The third-order valence-electron chi connectivity index (χ3n) is 2.07. The second-order valence-corrected chi connectivity index (χ2v) is 4.10. The second kappa shape index (κ2) is 7.27. The quantitative estimate of drug-likeness (QED) is 0.813. The Bertz CT molecular complexity index is 434. The van der Waals surface area contributed by atoms with Crippen molar-refractivity contribution in [3.63, 3.8) is 0 Å². The number of rotatable bonds is 5. The van der Waals surface area contributed by atoms with E-state index < -0.39 is 6.09 Å². The number of ketones is 1. The average molecular weight is 247 g/mol. The molecule has 0 fully saturated rings. The number of hydrogen-bond donors (Lipinski definition) is 1. The Hall–Kier alpha value is -2.10. The molecule has 0 aliphatic rings. The van der Waals surface area contributed by atoms with Crippen molar-refractivity contribution < 1.29 is 14.3 Å². The van der Waals surface area contributed by atoms with E-state index in [1.165, 1.54) is 6.08 Å². The molecule has 96 valence electrons. The van der Waals surface area contributed by atoms with Gasteiger partial charge >= 0.3 is 6.09 Å². The molecule has 1 N–H and O–H groups in total. The topological polar surface area (TPSA) is 55.4 Å². The molecule has 18 heavy (non-hydrogen) atoms. The number of ether oxygens (including phenoxy) is 1. The predicted octanol–water partition coefficient (Wildman–Crippen LogP) is 2.45. The molecule has 0 unspecified atom stereocenters. The molecule has 0 aliphatic heterocycles. The predicted molar refractivity (Wildman–Crippen MR) is 69.1 cm³/mol. The van der Waals surface area contributed by atoms with Gasteiger partial charge in [-0.2, -0.15) is 0 Å². The van der Waals surface area contributed by atoms with E-state index in [2.05, 4.69) is 5.32 Å². The molecule has 0 saturated carbocycles. The highest BCUT2D eigenvalue weighted by Gasteiger charge is 2.04. The van der Waals surface area contributed by atoms with Crippen molar-refractivity contribution in [3.05, 3.63) is 47.5 Å². The number of hydrogen-bond acceptors (Lipinski definition) is 3. The second-order valence-electron chi connectivity index (χ2n) is 4.10. The maximum atomic E-state index is 11.3. The summed E-state index contributed by atoms with van der Waals surface area (Å²) in [6.07, 6.45) is 0.895. The monoisotopic (exact) mass is 247 g/mol. The first-order valence-electron chi connectivity index (χ1n) is 5.70. The SMILES string of the molecule is CC(C)=CC(=O)CNC(=O)OCc1ccccc1. The minimum absolute atomic E-state index is 0.0429. The van der Waals surface area contributed by atoms with Crippen LogP contribution in [0.4, 0.5) is 4.79 Å². The van der Waals surface area contributed by atoms with Crippen LogP contribution in [0.3, 0.4) is 0 Å². The molecule has 1 rings (SSSR count). The van der Waals surface area contributed by atoms with Gasteiger partial charge in [-0.25, -0.2) is 4.79 Å². The van der Waals surface area contributed by atoms with Crippen molar-refractivity contribution in [3.8, 4) is 0 Å². The lowest BCUT2D eigenvalue weighted by atomic mass is 10.2. The minimum Gasteiger partial charge on any atom is -0.445 e. The Labute approximate surface area is 107 Å². The van der Waals surface area contributed by atoms with Gasteiger partial charge in [-0.3, -0.25) is 4.79 Å². The summed E-state index contributed by atoms with van der Waals surface area (Å²) in [7, 11) is 0. The normalized spacial score (nSPS) is 9.44. The van der Waals surface area contributed by atoms with Crippen LogP contribution in [0.15, 0.2) is 42.0 Å². The molecule has 0 aromatic heterocycles. The molecule has 0 bridgehead atoms. The Morgan fingerprint density at radius 2 is 1.89 bits per heavy atom. The zero-order valence-corrected chi connectivity index (χ0v) is 10.6. The van der Waals surface area contributed by atoms with Crippen LogP contribution >= 0.6 is 0 Å². The highest BCUT2D eigenvalue weighted by molar-refractivity contribution is 5.93. The van der Waals surface area contributed by atoms with Crippen LogP contribution in [0, 0.1) is 0 Å². The Kier molecular flexibility index (Phi) is 5.64. The van der Waals surface area contributed by atoms with Gasteiger partial charge in [-0.05, 0) is 25.5 Å². The van der Waals surface area contributed by atoms with Crippen molar-refractivity contribution in [2.24, 2.45) is 0 Å². The van der Waals surface area contributed by atoms with Crippen molar-refractivity contribution in [1.82, 2.24) is 5.32 Å². The number of nitrogens with one attached hydrogen (secondary N) is 1. The lowest BCUT2D eigenvalue weighted by Gasteiger charge is -2.05. The first kappa shape index (κ1) is 14.0. The molecule has 4 nitrogen and oxygen atoms in total. The van der Waals surface area contributed by atoms with Gasteiger partial charge in [0.25, 0.3) is 0 Å². The summed E-state index contributed by atoms with van der Waals surface area (Å²) in [6.45, 7) is 3.81. The van der Waals surface area contributed by atoms with E-state index in [-0.39, 0.29) is 18.9 Å². The number of benzene rings is 1. The van der Waals surface area contributed by atoms with E-state index in [0.29, 0.717) is 0 Å². The van der Waals surface area contributed by atoms with Crippen LogP contribution in [0.1, 0.15) is 19.4 Å². The molecule has 1 aromatic carbocycles. The third kappa shape index (κ3) is 5.84. The Morgan fingerprint density at radius 1 is 1.22 bits per heavy atom. The van der Waals surface area contributed by atoms with Gasteiger partial charge in [-0.15, -0.1) is 0 Å². The van der Waals surface area contributed by atoms with E-state index in [1.807, 2.05) is 44.2 Å². The lowest BCUT2D eigenvalue weighted by molar-refractivity contribution is -0.113. The first-order valence-corrected chi connectivity index (χ1v) is 5.70. The van der Waals surface area contributed by atoms with Crippen LogP contribution in [0.25, 0.3) is 0 Å². The fourth-order valence-corrected chi connectivity index (χ4v) is 1.31. The summed E-state index contributed by atoms with van der Waals surface area (Å²) in [4.78, 5) is 22.6. The van der Waals surface area contributed by atoms with E-state index in [9.17, 15) is 9.59 Å². The lowest BCUT2D eigenvalue weighted by Crippen LogP contribution is -2.29. The van der Waals surface area contributed by atoms with Crippen LogP contribution in [0.5, 0.6) is 0 Å². The average Bonchev–Trinajstić information content (AvgIpc) is 2.34. The molecule has 1 amide bonds. The summed E-state index contributed by atoms with van der Waals surface area (Å²) in [6, 6.07) is 9.36. The standard InChI is InChI=1S/C14H17NO3/c1-11(2)8-13(16)9-15-14(17)18-10-12-6-4-3-5-7-12/h3-8H,9-10H2,1-2H3,(H,15,17).